The second-order valence-electron chi connectivity index (χ2n) is 3.98. The predicted octanol–water partition coefficient (Wildman–Crippen LogP) is 0.828. The summed E-state index contributed by atoms with van der Waals surface area (Å²) in [5.41, 5.74) is 0.686. The lowest BCUT2D eigenvalue weighted by Gasteiger charge is -2.04. The molecule has 1 rings (SSSR count). The minimum absolute atomic E-state index is 0.0923. The topological polar surface area (TPSA) is 110 Å². The van der Waals surface area contributed by atoms with Gasteiger partial charge in [-0.3, -0.25) is 4.79 Å². The van der Waals surface area contributed by atoms with Gasteiger partial charge in [0.25, 0.3) is 0 Å². The number of carboxylic acids is 1. The van der Waals surface area contributed by atoms with Gasteiger partial charge in [-0.05, 0) is 23.1 Å². The molecule has 0 spiro atoms. The van der Waals surface area contributed by atoms with Crippen LogP contribution in [-0.2, 0) is 30.9 Å². The highest BCUT2D eigenvalue weighted by atomic mass is 32.2. The molecule has 0 aliphatic heterocycles. The van der Waals surface area contributed by atoms with Gasteiger partial charge in [0.15, 0.2) is 0 Å². The molecule has 0 saturated carbocycles. The fourth-order valence-electron chi connectivity index (χ4n) is 1.32. The summed E-state index contributed by atoms with van der Waals surface area (Å²) in [5, 5.41) is 10.2. The van der Waals surface area contributed by atoms with Crippen LogP contribution >= 0.6 is 11.3 Å². The highest BCUT2D eigenvalue weighted by molar-refractivity contribution is 7.89. The van der Waals surface area contributed by atoms with Crippen molar-refractivity contribution in [3.63, 3.8) is 0 Å². The Morgan fingerprint density at radius 3 is 2.81 bits per heavy atom. The number of methoxy groups -OCH3 is 1. The van der Waals surface area contributed by atoms with Crippen molar-refractivity contribution in [3.05, 3.63) is 28.0 Å². The third-order valence-electron chi connectivity index (χ3n) is 2.36. The summed E-state index contributed by atoms with van der Waals surface area (Å²) in [6.45, 7) is 0.0923. The fraction of sp³-hybridized carbons (Fsp3) is 0.333. The van der Waals surface area contributed by atoms with Crippen LogP contribution in [0.25, 0.3) is 6.08 Å². The van der Waals surface area contributed by atoms with Gasteiger partial charge in [0.1, 0.15) is 0 Å². The minimum atomic E-state index is -3.56. The Labute approximate surface area is 126 Å². The molecule has 0 bridgehead atoms. The Morgan fingerprint density at radius 1 is 1.48 bits per heavy atom. The lowest BCUT2D eigenvalue weighted by molar-refractivity contribution is -0.140. The smallest absolute Gasteiger partial charge is 0.328 e. The monoisotopic (exact) mass is 333 g/mol. The maximum Gasteiger partial charge on any atom is 0.328 e. The van der Waals surface area contributed by atoms with Crippen LogP contribution in [0.1, 0.15) is 16.9 Å². The van der Waals surface area contributed by atoms with E-state index in [0.717, 1.165) is 11.0 Å². The van der Waals surface area contributed by atoms with Crippen LogP contribution in [0.2, 0.25) is 0 Å². The second kappa shape index (κ2) is 7.91. The molecular formula is C12H15NO6S2. The summed E-state index contributed by atoms with van der Waals surface area (Å²) in [7, 11) is -2.36. The number of carbonyl (C=O) groups is 2. The van der Waals surface area contributed by atoms with Crippen molar-refractivity contribution in [2.45, 2.75) is 13.0 Å². The van der Waals surface area contributed by atoms with Gasteiger partial charge in [-0.1, -0.05) is 0 Å². The molecule has 7 nitrogen and oxygen atoms in total. The number of ether oxygens (including phenoxy) is 1. The number of nitrogens with one attached hydrogen (secondary N) is 1. The molecule has 1 aromatic heterocycles. The number of carbonyl (C=O) groups excluding carboxylic acids is 1. The third-order valence-corrected chi connectivity index (χ3v) is 4.64. The van der Waals surface area contributed by atoms with Crippen LogP contribution in [0, 0.1) is 0 Å². The molecule has 0 saturated heterocycles. The Morgan fingerprint density at radius 2 is 2.19 bits per heavy atom. The fourth-order valence-corrected chi connectivity index (χ4v) is 3.16. The molecular weight excluding hydrogens is 318 g/mol. The first kappa shape index (κ1) is 17.3. The first-order valence-corrected chi connectivity index (χ1v) is 8.38. The van der Waals surface area contributed by atoms with Crippen molar-refractivity contribution in [3.8, 4) is 0 Å². The lowest BCUT2D eigenvalue weighted by atomic mass is 10.3. The number of thiophene rings is 1. The Hall–Kier alpha value is -1.71. The standard InChI is InChI=1S/C12H15NO6S2/c1-19-12(16)4-5-21(17,18)13-7-10-6-9(8-20-10)2-3-11(14)15/h2-3,6,8,13H,4-5,7H2,1H3,(H,14,15). The third kappa shape index (κ3) is 7.02. The number of esters is 1. The molecule has 21 heavy (non-hydrogen) atoms. The van der Waals surface area contributed by atoms with Crippen molar-refractivity contribution in [1.29, 1.82) is 0 Å². The van der Waals surface area contributed by atoms with Crippen molar-refractivity contribution in [2.24, 2.45) is 0 Å². The van der Waals surface area contributed by atoms with E-state index in [9.17, 15) is 18.0 Å². The van der Waals surface area contributed by atoms with Crippen molar-refractivity contribution in [2.75, 3.05) is 12.9 Å². The molecule has 0 aliphatic rings. The molecule has 0 fully saturated rings. The maximum atomic E-state index is 11.6. The SMILES string of the molecule is COC(=O)CCS(=O)(=O)NCc1cc(C=CC(=O)O)cs1. The Bertz CT molecular complexity index is 632. The van der Waals surface area contributed by atoms with Crippen LogP contribution in [0.4, 0.5) is 0 Å². The molecule has 9 heteroatoms. The summed E-state index contributed by atoms with van der Waals surface area (Å²) in [5.74, 6) is -1.97. The summed E-state index contributed by atoms with van der Waals surface area (Å²) in [4.78, 5) is 22.0. The number of carboxylic acid groups (broad SMARTS) is 1. The van der Waals surface area contributed by atoms with E-state index < -0.39 is 22.0 Å². The van der Waals surface area contributed by atoms with Gasteiger partial charge in [0.05, 0.1) is 19.3 Å². The molecule has 1 aromatic rings. The van der Waals surface area contributed by atoms with E-state index in [-0.39, 0.29) is 18.7 Å². The first-order valence-electron chi connectivity index (χ1n) is 5.85. The quantitative estimate of drug-likeness (QED) is 0.538. The van der Waals surface area contributed by atoms with Crippen molar-refractivity contribution >= 4 is 39.4 Å². The van der Waals surface area contributed by atoms with Gasteiger partial charge in [-0.25, -0.2) is 17.9 Å². The number of sulfonamides is 1. The Kier molecular flexibility index (Phi) is 6.53. The summed E-state index contributed by atoms with van der Waals surface area (Å²) < 4.78 is 30.0. The average molecular weight is 333 g/mol. The van der Waals surface area contributed by atoms with Gasteiger partial charge in [-0.2, -0.15) is 0 Å². The van der Waals surface area contributed by atoms with E-state index >= 15 is 0 Å². The number of aliphatic carboxylic acids is 1. The number of hydrogen-bond acceptors (Lipinski definition) is 6. The van der Waals surface area contributed by atoms with E-state index in [4.69, 9.17) is 5.11 Å². The molecule has 0 atom stereocenters. The van der Waals surface area contributed by atoms with Crippen molar-refractivity contribution < 1.29 is 27.9 Å². The van der Waals surface area contributed by atoms with Gasteiger partial charge >= 0.3 is 11.9 Å². The van der Waals surface area contributed by atoms with E-state index in [1.807, 2.05) is 0 Å². The average Bonchev–Trinajstić information content (AvgIpc) is 2.88. The van der Waals surface area contributed by atoms with Crippen LogP contribution in [0.15, 0.2) is 17.5 Å². The summed E-state index contributed by atoms with van der Waals surface area (Å²) in [6.07, 6.45) is 2.23. The van der Waals surface area contributed by atoms with Gasteiger partial charge in [-0.15, -0.1) is 11.3 Å². The predicted molar refractivity (Wildman–Crippen MR) is 78.2 cm³/mol. The summed E-state index contributed by atoms with van der Waals surface area (Å²) >= 11 is 1.31. The van der Waals surface area contributed by atoms with E-state index in [0.29, 0.717) is 5.56 Å². The van der Waals surface area contributed by atoms with E-state index in [1.165, 1.54) is 24.5 Å². The van der Waals surface area contributed by atoms with Crippen LogP contribution in [0.5, 0.6) is 0 Å². The minimum Gasteiger partial charge on any atom is -0.478 e. The molecule has 1 heterocycles. The second-order valence-corrected chi connectivity index (χ2v) is 6.91. The van der Waals surface area contributed by atoms with Crippen LogP contribution in [-0.4, -0.2) is 38.3 Å². The lowest BCUT2D eigenvalue weighted by Crippen LogP contribution is -2.27. The molecule has 0 unspecified atom stereocenters. The summed E-state index contributed by atoms with van der Waals surface area (Å²) in [6, 6.07) is 1.69. The molecule has 0 amide bonds. The van der Waals surface area contributed by atoms with E-state index in [2.05, 4.69) is 9.46 Å². The van der Waals surface area contributed by atoms with Gasteiger partial charge in [0, 0.05) is 17.5 Å². The zero-order valence-electron chi connectivity index (χ0n) is 11.2. The largest absolute Gasteiger partial charge is 0.478 e. The normalized spacial score (nSPS) is 11.7. The number of hydrogen-bond donors (Lipinski definition) is 2. The molecule has 0 aliphatic carbocycles. The van der Waals surface area contributed by atoms with E-state index in [1.54, 1.807) is 11.4 Å². The highest BCUT2D eigenvalue weighted by Crippen LogP contribution is 2.16. The molecule has 116 valence electrons. The zero-order valence-corrected chi connectivity index (χ0v) is 12.9. The van der Waals surface area contributed by atoms with Crippen LogP contribution in [0.3, 0.4) is 0 Å². The van der Waals surface area contributed by atoms with Crippen LogP contribution < -0.4 is 4.72 Å². The molecule has 2 N–H and O–H groups in total. The molecule has 0 aromatic carbocycles. The maximum absolute atomic E-state index is 11.6. The highest BCUT2D eigenvalue weighted by Gasteiger charge is 2.13. The molecule has 0 radical (unpaired) electrons. The zero-order chi connectivity index (χ0) is 15.9. The number of rotatable bonds is 8. The van der Waals surface area contributed by atoms with Gasteiger partial charge in [0.2, 0.25) is 10.0 Å². The van der Waals surface area contributed by atoms with Crippen molar-refractivity contribution in [1.82, 2.24) is 4.72 Å². The van der Waals surface area contributed by atoms with Gasteiger partial charge < -0.3 is 9.84 Å². The Balaban J connectivity index is 2.51. The first-order chi connectivity index (χ1) is 9.82.